The van der Waals surface area contributed by atoms with E-state index in [0.717, 1.165) is 0 Å². The van der Waals surface area contributed by atoms with Gasteiger partial charge in [0.2, 0.25) is 6.79 Å². The van der Waals surface area contributed by atoms with Gasteiger partial charge in [0.25, 0.3) is 0 Å². The Balaban J connectivity index is 1.82. The SMILES string of the molecule is COCCNC(=O)C(=O)N/N=C/c1ccc2c(c1)OCO2. The molecular formula is C13H15N3O5. The normalized spacial score (nSPS) is 12.4. The Kier molecular flexibility index (Phi) is 5.10. The summed E-state index contributed by atoms with van der Waals surface area (Å²) in [6, 6.07) is 5.21. The van der Waals surface area contributed by atoms with E-state index < -0.39 is 11.8 Å². The van der Waals surface area contributed by atoms with E-state index in [2.05, 4.69) is 15.8 Å². The number of hydrazone groups is 1. The van der Waals surface area contributed by atoms with E-state index in [-0.39, 0.29) is 13.3 Å². The number of hydrogen-bond acceptors (Lipinski definition) is 6. The van der Waals surface area contributed by atoms with Gasteiger partial charge in [-0.05, 0) is 23.8 Å². The second-order valence-electron chi connectivity index (χ2n) is 4.06. The summed E-state index contributed by atoms with van der Waals surface area (Å²) in [4.78, 5) is 22.7. The predicted molar refractivity (Wildman–Crippen MR) is 73.2 cm³/mol. The molecule has 0 aliphatic carbocycles. The highest BCUT2D eigenvalue weighted by atomic mass is 16.7. The average molecular weight is 293 g/mol. The Bertz CT molecular complexity index is 559. The van der Waals surface area contributed by atoms with Crippen molar-refractivity contribution in [3.05, 3.63) is 23.8 Å². The lowest BCUT2D eigenvalue weighted by atomic mass is 10.2. The molecule has 2 N–H and O–H groups in total. The lowest BCUT2D eigenvalue weighted by Crippen LogP contribution is -2.39. The average Bonchev–Trinajstić information content (AvgIpc) is 2.94. The minimum absolute atomic E-state index is 0.189. The first kappa shape index (κ1) is 14.8. The summed E-state index contributed by atoms with van der Waals surface area (Å²) in [5, 5.41) is 6.08. The molecule has 1 aromatic rings. The van der Waals surface area contributed by atoms with Crippen LogP contribution in [0.15, 0.2) is 23.3 Å². The molecule has 0 radical (unpaired) electrons. The molecule has 0 bridgehead atoms. The third kappa shape index (κ3) is 4.18. The number of methoxy groups -OCH3 is 1. The number of carbonyl (C=O) groups excluding carboxylic acids is 2. The first-order chi connectivity index (χ1) is 10.2. The molecule has 1 heterocycles. The van der Waals surface area contributed by atoms with E-state index in [1.54, 1.807) is 18.2 Å². The molecule has 0 atom stereocenters. The number of rotatable bonds is 5. The van der Waals surface area contributed by atoms with E-state index in [1.165, 1.54) is 13.3 Å². The number of amides is 2. The highest BCUT2D eigenvalue weighted by molar-refractivity contribution is 6.35. The molecule has 0 unspecified atom stereocenters. The van der Waals surface area contributed by atoms with Crippen molar-refractivity contribution >= 4 is 18.0 Å². The monoisotopic (exact) mass is 293 g/mol. The lowest BCUT2D eigenvalue weighted by molar-refractivity contribution is -0.139. The van der Waals surface area contributed by atoms with Crippen LogP contribution in [0.2, 0.25) is 0 Å². The standard InChI is InChI=1S/C13H15N3O5/c1-19-5-4-14-12(17)13(18)16-15-7-9-2-3-10-11(6-9)21-8-20-10/h2-3,6-7H,4-5,8H2,1H3,(H,14,17)(H,16,18)/b15-7+. The molecule has 0 aromatic heterocycles. The molecule has 0 spiro atoms. The zero-order valence-electron chi connectivity index (χ0n) is 11.4. The van der Waals surface area contributed by atoms with Crippen LogP contribution in [0.4, 0.5) is 0 Å². The number of fused-ring (bicyclic) bond motifs is 1. The second kappa shape index (κ2) is 7.25. The number of carbonyl (C=O) groups is 2. The Morgan fingerprint density at radius 1 is 1.33 bits per heavy atom. The highest BCUT2D eigenvalue weighted by Gasteiger charge is 2.13. The first-order valence-corrected chi connectivity index (χ1v) is 6.20. The van der Waals surface area contributed by atoms with Gasteiger partial charge < -0.3 is 19.5 Å². The highest BCUT2D eigenvalue weighted by Crippen LogP contribution is 2.31. The Labute approximate surface area is 121 Å². The molecule has 112 valence electrons. The van der Waals surface area contributed by atoms with Crippen LogP contribution in [-0.2, 0) is 14.3 Å². The molecule has 21 heavy (non-hydrogen) atoms. The van der Waals surface area contributed by atoms with Crippen molar-refractivity contribution in [2.24, 2.45) is 5.10 Å². The summed E-state index contributed by atoms with van der Waals surface area (Å²) < 4.78 is 15.1. The van der Waals surface area contributed by atoms with Gasteiger partial charge in [-0.25, -0.2) is 5.43 Å². The number of benzene rings is 1. The number of nitrogens with one attached hydrogen (secondary N) is 2. The van der Waals surface area contributed by atoms with E-state index in [9.17, 15) is 9.59 Å². The summed E-state index contributed by atoms with van der Waals surface area (Å²) in [5.41, 5.74) is 2.84. The van der Waals surface area contributed by atoms with Gasteiger partial charge in [-0.1, -0.05) is 0 Å². The lowest BCUT2D eigenvalue weighted by Gasteiger charge is -2.02. The van der Waals surface area contributed by atoms with Crippen LogP contribution >= 0.6 is 0 Å². The van der Waals surface area contributed by atoms with Crippen LogP contribution in [0.3, 0.4) is 0 Å². The number of hydrogen-bond donors (Lipinski definition) is 2. The molecule has 2 amide bonds. The van der Waals surface area contributed by atoms with Crippen LogP contribution < -0.4 is 20.2 Å². The van der Waals surface area contributed by atoms with Gasteiger partial charge in [0.1, 0.15) is 0 Å². The Morgan fingerprint density at radius 3 is 2.95 bits per heavy atom. The van der Waals surface area contributed by atoms with Crippen molar-refractivity contribution in [1.82, 2.24) is 10.7 Å². The topological polar surface area (TPSA) is 98.2 Å². The predicted octanol–water partition coefficient (Wildman–Crippen LogP) is -0.372. The van der Waals surface area contributed by atoms with Gasteiger partial charge in [-0.3, -0.25) is 9.59 Å². The number of ether oxygens (including phenoxy) is 3. The van der Waals surface area contributed by atoms with E-state index >= 15 is 0 Å². The largest absolute Gasteiger partial charge is 0.454 e. The van der Waals surface area contributed by atoms with Gasteiger partial charge in [0, 0.05) is 13.7 Å². The molecule has 1 aliphatic heterocycles. The minimum atomic E-state index is -0.844. The molecule has 1 aromatic carbocycles. The Hall–Kier alpha value is -2.61. The quantitative estimate of drug-likeness (QED) is 0.334. The number of nitrogens with zero attached hydrogens (tertiary/aromatic N) is 1. The van der Waals surface area contributed by atoms with Gasteiger partial charge >= 0.3 is 11.8 Å². The van der Waals surface area contributed by atoms with Crippen molar-refractivity contribution in [1.29, 1.82) is 0 Å². The van der Waals surface area contributed by atoms with Crippen LogP contribution in [0.5, 0.6) is 11.5 Å². The molecule has 1 aliphatic rings. The fourth-order valence-electron chi connectivity index (χ4n) is 1.56. The van der Waals surface area contributed by atoms with E-state index in [0.29, 0.717) is 23.7 Å². The molecular weight excluding hydrogens is 278 g/mol. The van der Waals surface area contributed by atoms with Gasteiger partial charge in [0.15, 0.2) is 11.5 Å². The van der Waals surface area contributed by atoms with Crippen molar-refractivity contribution < 1.29 is 23.8 Å². The summed E-state index contributed by atoms with van der Waals surface area (Å²) >= 11 is 0. The summed E-state index contributed by atoms with van der Waals surface area (Å²) in [6.07, 6.45) is 1.41. The van der Waals surface area contributed by atoms with Gasteiger partial charge in [-0.2, -0.15) is 5.10 Å². The van der Waals surface area contributed by atoms with Crippen molar-refractivity contribution in [3.8, 4) is 11.5 Å². The third-order valence-electron chi connectivity index (χ3n) is 2.57. The Morgan fingerprint density at radius 2 is 2.14 bits per heavy atom. The van der Waals surface area contributed by atoms with Gasteiger partial charge in [0.05, 0.1) is 12.8 Å². The van der Waals surface area contributed by atoms with Crippen LogP contribution in [0.1, 0.15) is 5.56 Å². The second-order valence-corrected chi connectivity index (χ2v) is 4.06. The molecule has 8 nitrogen and oxygen atoms in total. The zero-order chi connectivity index (χ0) is 15.1. The first-order valence-electron chi connectivity index (χ1n) is 6.20. The van der Waals surface area contributed by atoms with E-state index in [4.69, 9.17) is 14.2 Å². The summed E-state index contributed by atoms with van der Waals surface area (Å²) in [6.45, 7) is 0.780. The fourth-order valence-corrected chi connectivity index (χ4v) is 1.56. The minimum Gasteiger partial charge on any atom is -0.454 e. The summed E-state index contributed by atoms with van der Waals surface area (Å²) in [7, 11) is 1.50. The third-order valence-corrected chi connectivity index (χ3v) is 2.57. The zero-order valence-corrected chi connectivity index (χ0v) is 11.4. The maximum Gasteiger partial charge on any atom is 0.329 e. The maximum absolute atomic E-state index is 11.4. The van der Waals surface area contributed by atoms with Gasteiger partial charge in [-0.15, -0.1) is 0 Å². The van der Waals surface area contributed by atoms with Crippen molar-refractivity contribution in [2.75, 3.05) is 27.1 Å². The molecule has 2 rings (SSSR count). The van der Waals surface area contributed by atoms with Crippen LogP contribution in [0, 0.1) is 0 Å². The molecule has 8 heteroatoms. The molecule has 0 saturated heterocycles. The van der Waals surface area contributed by atoms with E-state index in [1.807, 2.05) is 0 Å². The molecule has 0 saturated carbocycles. The molecule has 0 fully saturated rings. The fraction of sp³-hybridized carbons (Fsp3) is 0.308. The van der Waals surface area contributed by atoms with Crippen LogP contribution in [-0.4, -0.2) is 45.1 Å². The van der Waals surface area contributed by atoms with Crippen molar-refractivity contribution in [2.45, 2.75) is 0 Å². The smallest absolute Gasteiger partial charge is 0.329 e. The maximum atomic E-state index is 11.4. The summed E-state index contributed by atoms with van der Waals surface area (Å²) in [5.74, 6) is -0.339. The van der Waals surface area contributed by atoms with Crippen LogP contribution in [0.25, 0.3) is 0 Å². The van der Waals surface area contributed by atoms with Crippen molar-refractivity contribution in [3.63, 3.8) is 0 Å².